The maximum absolute atomic E-state index is 14.2. The van der Waals surface area contributed by atoms with E-state index in [4.69, 9.17) is 17.2 Å². The Morgan fingerprint density at radius 2 is 0.950 bits per heavy atom. The van der Waals surface area contributed by atoms with Crippen LogP contribution in [0.2, 0.25) is 0 Å². The van der Waals surface area contributed by atoms with Gasteiger partial charge in [-0.05, 0) is 86.8 Å². The van der Waals surface area contributed by atoms with Crippen LogP contribution < -0.4 is 49.1 Å². The van der Waals surface area contributed by atoms with Gasteiger partial charge in [0.1, 0.15) is 36.0 Å². The van der Waals surface area contributed by atoms with Crippen molar-refractivity contribution in [3.63, 3.8) is 0 Å². The molecule has 340 valence electrons. The maximum Gasteiger partial charge on any atom is 0.243 e. The molecule has 0 saturated heterocycles. The average molecular weight is 847 g/mol. The summed E-state index contributed by atoms with van der Waals surface area (Å²) in [5.74, 6) is -3.75. The van der Waals surface area contributed by atoms with Crippen molar-refractivity contribution in [1.82, 2.24) is 31.9 Å². The molecule has 18 nitrogen and oxygen atoms in total. The van der Waals surface area contributed by atoms with Crippen molar-refractivity contribution < 1.29 is 39.0 Å². The van der Waals surface area contributed by atoms with E-state index in [1.54, 1.807) is 12.1 Å². The second-order valence-corrected chi connectivity index (χ2v) is 17.3. The highest BCUT2D eigenvalue weighted by atomic mass is 16.3. The van der Waals surface area contributed by atoms with Gasteiger partial charge in [-0.25, -0.2) is 0 Å². The first-order valence-electron chi connectivity index (χ1n) is 21.0. The molecule has 7 atom stereocenters. The van der Waals surface area contributed by atoms with Crippen LogP contribution in [-0.2, 0) is 35.2 Å². The Kier molecular flexibility index (Phi) is 23.9. The monoisotopic (exact) mass is 847 g/mol. The van der Waals surface area contributed by atoms with E-state index in [2.05, 4.69) is 36.9 Å². The van der Waals surface area contributed by atoms with Gasteiger partial charge in [0.05, 0.1) is 18.7 Å². The Hall–Kier alpha value is -4.97. The fourth-order valence-electron chi connectivity index (χ4n) is 6.40. The number of nitrogens with two attached hydrogens (primary N) is 3. The second kappa shape index (κ2) is 27.0. The molecule has 0 aliphatic rings. The fraction of sp³-hybridized carbons (Fsp3) is 0.690. The minimum atomic E-state index is -1.26. The highest BCUT2D eigenvalue weighted by Gasteiger charge is 2.34. The van der Waals surface area contributed by atoms with Crippen LogP contribution in [0.25, 0.3) is 0 Å². The lowest BCUT2D eigenvalue weighted by molar-refractivity contribution is -0.135. The van der Waals surface area contributed by atoms with Crippen molar-refractivity contribution in [3.05, 3.63) is 29.8 Å². The molecule has 0 bridgehead atoms. The number of carbonyl (C=O) groups excluding carboxylic acids is 6. The van der Waals surface area contributed by atoms with Crippen LogP contribution in [0.3, 0.4) is 0 Å². The molecule has 0 heterocycles. The third-order valence-electron chi connectivity index (χ3n) is 9.34. The van der Waals surface area contributed by atoms with Gasteiger partial charge in [-0.2, -0.15) is 0 Å². The highest BCUT2D eigenvalue weighted by Crippen LogP contribution is 2.15. The molecular formula is C42H74N10O8. The van der Waals surface area contributed by atoms with E-state index in [1.807, 2.05) is 55.4 Å². The second-order valence-electron chi connectivity index (χ2n) is 17.3. The molecule has 0 aromatic heterocycles. The number of rotatable bonds is 27. The van der Waals surface area contributed by atoms with Gasteiger partial charge < -0.3 is 59.3 Å². The van der Waals surface area contributed by atoms with Gasteiger partial charge in [0, 0.05) is 13.0 Å². The molecule has 1 aromatic carbocycles. The number of amides is 6. The highest BCUT2D eigenvalue weighted by molar-refractivity contribution is 5.96. The van der Waals surface area contributed by atoms with Crippen molar-refractivity contribution in [2.24, 2.45) is 45.9 Å². The molecule has 14 N–H and O–H groups in total. The third kappa shape index (κ3) is 21.3. The van der Waals surface area contributed by atoms with Gasteiger partial charge in [0.2, 0.25) is 35.4 Å². The van der Waals surface area contributed by atoms with Gasteiger partial charge in [-0.15, -0.1) is 0 Å². The van der Waals surface area contributed by atoms with Gasteiger partial charge in [0.25, 0.3) is 0 Å². The van der Waals surface area contributed by atoms with Gasteiger partial charge >= 0.3 is 0 Å². The van der Waals surface area contributed by atoms with Crippen LogP contribution in [0, 0.1) is 23.7 Å². The Morgan fingerprint density at radius 1 is 0.567 bits per heavy atom. The van der Waals surface area contributed by atoms with Crippen LogP contribution in [0.5, 0.6) is 5.75 Å². The quantitative estimate of drug-likeness (QED) is 0.0328. The number of hydrogen-bond donors (Lipinski definition) is 11. The summed E-state index contributed by atoms with van der Waals surface area (Å²) in [6.45, 7) is 16.5. The molecule has 1 aromatic rings. The molecule has 0 fully saturated rings. The van der Waals surface area contributed by atoms with E-state index >= 15 is 0 Å². The zero-order chi connectivity index (χ0) is 45.7. The summed E-state index contributed by atoms with van der Waals surface area (Å²) >= 11 is 0. The predicted octanol–water partition coefficient (Wildman–Crippen LogP) is 0.421. The van der Waals surface area contributed by atoms with E-state index in [9.17, 15) is 39.0 Å². The smallest absolute Gasteiger partial charge is 0.243 e. The third-order valence-corrected chi connectivity index (χ3v) is 9.34. The number of aliphatic imine (C=N–C) groups is 1. The topological polar surface area (TPSA) is 305 Å². The molecule has 0 spiro atoms. The van der Waals surface area contributed by atoms with Crippen LogP contribution >= 0.6 is 0 Å². The molecule has 0 saturated carbocycles. The maximum atomic E-state index is 14.2. The van der Waals surface area contributed by atoms with Crippen molar-refractivity contribution >= 4 is 41.4 Å². The molecule has 6 amide bonds. The summed E-state index contributed by atoms with van der Waals surface area (Å²) in [5.41, 5.74) is 17.4. The molecular weight excluding hydrogens is 773 g/mol. The number of phenols is 1. The van der Waals surface area contributed by atoms with Crippen molar-refractivity contribution in [3.8, 4) is 5.75 Å². The number of aliphatic hydroxyl groups is 1. The van der Waals surface area contributed by atoms with Gasteiger partial charge in [0.15, 0.2) is 5.96 Å². The Bertz CT molecular complexity index is 1550. The lowest BCUT2D eigenvalue weighted by Crippen LogP contribution is -2.60. The summed E-state index contributed by atoms with van der Waals surface area (Å²) in [6, 6.07) is -0.938. The number of benzene rings is 1. The van der Waals surface area contributed by atoms with Crippen LogP contribution in [0.1, 0.15) is 106 Å². The first kappa shape index (κ1) is 53.0. The fourth-order valence-corrected chi connectivity index (χ4v) is 6.40. The number of nitrogens with zero attached hydrogens (tertiary/aromatic N) is 1. The van der Waals surface area contributed by atoms with E-state index in [0.717, 1.165) is 0 Å². The predicted molar refractivity (Wildman–Crippen MR) is 232 cm³/mol. The number of aromatic hydroxyl groups is 1. The molecule has 0 aliphatic carbocycles. The molecule has 0 radical (unpaired) electrons. The largest absolute Gasteiger partial charge is 0.508 e. The zero-order valence-electron chi connectivity index (χ0n) is 37.0. The van der Waals surface area contributed by atoms with E-state index in [0.29, 0.717) is 12.0 Å². The van der Waals surface area contributed by atoms with Crippen molar-refractivity contribution in [2.45, 2.75) is 150 Å². The minimum absolute atomic E-state index is 0.00395. The SMILES string of the molecule is CC(C)C[C@@H](CO)NC(=O)[C@H](CC(C)C)NC(=O)[C@H](Cc1ccc(O)cc1)NC(=O)[C@H](CCCN=C(N)N)NC(=O)[C@H](CC(C)C)NC(=O)[C@H](CC(C)C)NC(=O)[C@H](C)N. The number of nitrogens with one attached hydrogen (secondary N) is 6. The first-order chi connectivity index (χ1) is 28.0. The molecule has 60 heavy (non-hydrogen) atoms. The number of carbonyl (C=O) groups is 6. The Morgan fingerprint density at radius 3 is 1.37 bits per heavy atom. The molecule has 0 aliphatic heterocycles. The molecule has 1 rings (SSSR count). The van der Waals surface area contributed by atoms with E-state index < -0.39 is 77.7 Å². The summed E-state index contributed by atoms with van der Waals surface area (Å²) < 4.78 is 0. The average Bonchev–Trinajstić information content (AvgIpc) is 3.14. The lowest BCUT2D eigenvalue weighted by Gasteiger charge is -2.29. The summed E-state index contributed by atoms with van der Waals surface area (Å²) in [5, 5.41) is 36.4. The van der Waals surface area contributed by atoms with Crippen LogP contribution in [-0.4, -0.2) is 107 Å². The van der Waals surface area contributed by atoms with E-state index in [-0.39, 0.29) is 87.1 Å². The lowest BCUT2D eigenvalue weighted by atomic mass is 9.99. The van der Waals surface area contributed by atoms with E-state index in [1.165, 1.54) is 19.1 Å². The summed E-state index contributed by atoms with van der Waals surface area (Å²) in [4.78, 5) is 86.1. The normalized spacial score (nSPS) is 14.9. The summed E-state index contributed by atoms with van der Waals surface area (Å²) in [6.07, 6.45) is 1.47. The Labute approximate surface area is 355 Å². The minimum Gasteiger partial charge on any atom is -0.508 e. The standard InChI is InChI=1S/C42H74N10O8/c1-23(2)17-29(22-53)47-38(57)32(18-24(3)4)50-41(60)35(21-28-12-14-30(54)15-13-28)52-37(56)31(11-10-16-46-42(44)45)48-39(58)34(20-26(7)8)51-40(59)33(19-25(5)6)49-36(55)27(9)43/h12-15,23-27,29,31-35,53-54H,10-11,16-22,43H2,1-9H3,(H,47,57)(H,48,58)(H,49,55)(H,50,60)(H,51,59)(H,52,56)(H4,44,45,46)/t27-,29-,31-,32-,33-,34-,35-/m0/s1. The Balaban J connectivity index is 3.55. The first-order valence-corrected chi connectivity index (χ1v) is 21.0. The summed E-state index contributed by atoms with van der Waals surface area (Å²) in [7, 11) is 0. The van der Waals surface area contributed by atoms with Crippen molar-refractivity contribution in [2.75, 3.05) is 13.2 Å². The van der Waals surface area contributed by atoms with Crippen LogP contribution in [0.4, 0.5) is 0 Å². The van der Waals surface area contributed by atoms with Crippen LogP contribution in [0.15, 0.2) is 29.3 Å². The number of hydrogen-bond acceptors (Lipinski definition) is 10. The van der Waals surface area contributed by atoms with Gasteiger partial charge in [-0.3, -0.25) is 33.8 Å². The zero-order valence-corrected chi connectivity index (χ0v) is 37.0. The number of guanidine groups is 1. The van der Waals surface area contributed by atoms with Gasteiger partial charge in [-0.1, -0.05) is 67.5 Å². The number of phenolic OH excluding ortho intramolecular Hbond substituents is 1. The molecule has 18 heteroatoms. The van der Waals surface area contributed by atoms with Crippen molar-refractivity contribution in [1.29, 1.82) is 0 Å². The molecule has 0 unspecified atom stereocenters. The number of aliphatic hydroxyl groups excluding tert-OH is 1.